The van der Waals surface area contributed by atoms with Crippen LogP contribution in [-0.4, -0.2) is 19.5 Å². The van der Waals surface area contributed by atoms with Crippen LogP contribution in [0.1, 0.15) is 43.7 Å². The van der Waals surface area contributed by atoms with Gasteiger partial charge in [0.1, 0.15) is 5.82 Å². The van der Waals surface area contributed by atoms with Crippen LogP contribution in [0.3, 0.4) is 0 Å². The van der Waals surface area contributed by atoms with Gasteiger partial charge in [-0.05, 0) is 48.7 Å². The number of sulfonamides is 1. The highest BCUT2D eigenvalue weighted by atomic mass is 35.5. The number of benzene rings is 2. The first-order valence-corrected chi connectivity index (χ1v) is 10.4. The molecule has 0 heterocycles. The molecule has 2 rings (SSSR count). The van der Waals surface area contributed by atoms with Gasteiger partial charge < -0.3 is 5.11 Å². The summed E-state index contributed by atoms with van der Waals surface area (Å²) in [5, 5.41) is 9.00. The van der Waals surface area contributed by atoms with Gasteiger partial charge in [0.25, 0.3) is 0 Å². The zero-order chi connectivity index (χ0) is 19.9. The van der Waals surface area contributed by atoms with Gasteiger partial charge in [0, 0.05) is 17.5 Å². The molecule has 8 heteroatoms. The Morgan fingerprint density at radius 2 is 1.81 bits per heavy atom. The summed E-state index contributed by atoms with van der Waals surface area (Å²) in [5.74, 6) is -1.26. The van der Waals surface area contributed by atoms with E-state index in [1.807, 2.05) is 0 Å². The van der Waals surface area contributed by atoms with Gasteiger partial charge in [-0.15, -0.1) is 0 Å². The summed E-state index contributed by atoms with van der Waals surface area (Å²) < 4.78 is 41.2. The van der Waals surface area contributed by atoms with Crippen LogP contribution in [0.25, 0.3) is 0 Å². The first-order chi connectivity index (χ1) is 12.8. The molecule has 0 aliphatic carbocycles. The van der Waals surface area contributed by atoms with Gasteiger partial charge in [-0.1, -0.05) is 42.6 Å². The van der Waals surface area contributed by atoms with E-state index in [4.69, 9.17) is 16.7 Å². The largest absolute Gasteiger partial charge is 0.481 e. The van der Waals surface area contributed by atoms with E-state index in [1.165, 1.54) is 36.4 Å². The number of carboxylic acid groups (broad SMARTS) is 1. The highest BCUT2D eigenvalue weighted by Gasteiger charge is 2.21. The Morgan fingerprint density at radius 1 is 1.11 bits per heavy atom. The average Bonchev–Trinajstić information content (AvgIpc) is 2.61. The molecule has 2 aromatic rings. The van der Waals surface area contributed by atoms with E-state index in [-0.39, 0.29) is 11.3 Å². The van der Waals surface area contributed by atoms with Crippen molar-refractivity contribution < 1.29 is 22.7 Å². The second-order valence-electron chi connectivity index (χ2n) is 6.18. The van der Waals surface area contributed by atoms with Crippen molar-refractivity contribution in [2.24, 2.45) is 0 Å². The molecule has 0 aliphatic heterocycles. The first-order valence-electron chi connectivity index (χ1n) is 8.53. The highest BCUT2D eigenvalue weighted by molar-refractivity contribution is 7.89. The normalized spacial score (nSPS) is 12.7. The van der Waals surface area contributed by atoms with E-state index < -0.39 is 27.9 Å². The second kappa shape index (κ2) is 9.82. The predicted molar refractivity (Wildman–Crippen MR) is 102 cm³/mol. The summed E-state index contributed by atoms with van der Waals surface area (Å²) in [6.07, 6.45) is 2.35. The minimum atomic E-state index is -3.82. The van der Waals surface area contributed by atoms with Crippen molar-refractivity contribution in [1.29, 1.82) is 0 Å². The Hall–Kier alpha value is -1.96. The summed E-state index contributed by atoms with van der Waals surface area (Å²) >= 11 is 5.88. The zero-order valence-corrected chi connectivity index (χ0v) is 16.1. The quantitative estimate of drug-likeness (QED) is 0.560. The third-order valence-electron chi connectivity index (χ3n) is 4.06. The fourth-order valence-corrected chi connectivity index (χ4v) is 4.24. The molecule has 0 fully saturated rings. The van der Waals surface area contributed by atoms with E-state index in [0.29, 0.717) is 36.3 Å². The van der Waals surface area contributed by atoms with Crippen molar-refractivity contribution in [2.45, 2.75) is 43.0 Å². The van der Waals surface area contributed by atoms with Crippen molar-refractivity contribution in [2.75, 3.05) is 0 Å². The Balaban J connectivity index is 2.13. The summed E-state index contributed by atoms with van der Waals surface area (Å²) in [6.45, 7) is 0. The molecule has 0 spiro atoms. The van der Waals surface area contributed by atoms with Crippen molar-refractivity contribution in [3.05, 3.63) is 64.9 Å². The Kier molecular flexibility index (Phi) is 7.77. The Labute approximate surface area is 163 Å². The number of nitrogens with one attached hydrogen (secondary N) is 1. The maximum absolute atomic E-state index is 13.2. The molecule has 0 bridgehead atoms. The van der Waals surface area contributed by atoms with Crippen LogP contribution < -0.4 is 4.72 Å². The summed E-state index contributed by atoms with van der Waals surface area (Å²) in [6, 6.07) is 11.0. The molecule has 0 amide bonds. The first kappa shape index (κ1) is 21.3. The third kappa shape index (κ3) is 6.93. The van der Waals surface area contributed by atoms with Gasteiger partial charge in [0.2, 0.25) is 10.0 Å². The molecule has 2 aromatic carbocycles. The Bertz CT molecular complexity index is 872. The van der Waals surface area contributed by atoms with Crippen molar-refractivity contribution in [3.8, 4) is 0 Å². The van der Waals surface area contributed by atoms with Crippen molar-refractivity contribution >= 4 is 27.6 Å². The van der Waals surface area contributed by atoms with Gasteiger partial charge in [-0.3, -0.25) is 4.79 Å². The number of rotatable bonds is 10. The van der Waals surface area contributed by atoms with Crippen molar-refractivity contribution in [1.82, 2.24) is 4.72 Å². The van der Waals surface area contributed by atoms with Crippen LogP contribution in [0.5, 0.6) is 0 Å². The lowest BCUT2D eigenvalue weighted by molar-refractivity contribution is -0.137. The lowest BCUT2D eigenvalue weighted by Gasteiger charge is -2.19. The fraction of sp³-hybridized carbons (Fsp3) is 0.316. The third-order valence-corrected chi connectivity index (χ3v) is 5.76. The van der Waals surface area contributed by atoms with Crippen LogP contribution >= 0.6 is 11.6 Å². The second-order valence-corrected chi connectivity index (χ2v) is 8.33. The minimum absolute atomic E-state index is 0.0491. The van der Waals surface area contributed by atoms with Crippen LogP contribution in [-0.2, 0) is 14.8 Å². The average molecular weight is 414 g/mol. The van der Waals surface area contributed by atoms with Crippen molar-refractivity contribution in [3.63, 3.8) is 0 Å². The van der Waals surface area contributed by atoms with Crippen LogP contribution in [0.15, 0.2) is 53.4 Å². The molecule has 1 atom stereocenters. The zero-order valence-electron chi connectivity index (χ0n) is 14.6. The topological polar surface area (TPSA) is 83.5 Å². The van der Waals surface area contributed by atoms with Gasteiger partial charge >= 0.3 is 5.97 Å². The smallest absolute Gasteiger partial charge is 0.303 e. The van der Waals surface area contributed by atoms with E-state index in [0.717, 1.165) is 0 Å². The molecular formula is C19H21ClFNO4S. The van der Waals surface area contributed by atoms with E-state index >= 15 is 0 Å². The molecule has 2 N–H and O–H groups in total. The minimum Gasteiger partial charge on any atom is -0.481 e. The molecule has 27 heavy (non-hydrogen) atoms. The number of carboxylic acids is 1. The van der Waals surface area contributed by atoms with Gasteiger partial charge in [0.15, 0.2) is 0 Å². The molecule has 146 valence electrons. The standard InChI is InChI=1S/C19H21ClFNO4S/c20-15-5-4-6-17(13-15)27(25,26)22-18(7-2-1-3-8-19(23)24)14-9-11-16(21)12-10-14/h4-6,9-13,18,22H,1-3,7-8H2,(H,23,24). The van der Waals surface area contributed by atoms with Gasteiger partial charge in [0.05, 0.1) is 4.90 Å². The molecule has 0 saturated heterocycles. The fourth-order valence-electron chi connectivity index (χ4n) is 2.68. The van der Waals surface area contributed by atoms with Gasteiger partial charge in [-0.2, -0.15) is 0 Å². The number of carbonyl (C=O) groups is 1. The van der Waals surface area contributed by atoms with E-state index in [1.54, 1.807) is 12.1 Å². The number of halogens is 2. The van der Waals surface area contributed by atoms with E-state index in [9.17, 15) is 17.6 Å². The summed E-state index contributed by atoms with van der Waals surface area (Å²) in [7, 11) is -3.82. The summed E-state index contributed by atoms with van der Waals surface area (Å²) in [5.41, 5.74) is 0.639. The lowest BCUT2D eigenvalue weighted by atomic mass is 10.0. The molecule has 5 nitrogen and oxygen atoms in total. The molecule has 0 aromatic heterocycles. The maximum atomic E-state index is 13.2. The van der Waals surface area contributed by atoms with Gasteiger partial charge in [-0.25, -0.2) is 17.5 Å². The lowest BCUT2D eigenvalue weighted by Crippen LogP contribution is -2.28. The maximum Gasteiger partial charge on any atom is 0.303 e. The molecule has 0 radical (unpaired) electrons. The SMILES string of the molecule is O=C(O)CCCCCC(NS(=O)(=O)c1cccc(Cl)c1)c1ccc(F)cc1. The Morgan fingerprint density at radius 3 is 2.44 bits per heavy atom. The van der Waals surface area contributed by atoms with E-state index in [2.05, 4.69) is 4.72 Å². The molecule has 0 aliphatic rings. The monoisotopic (exact) mass is 413 g/mol. The summed E-state index contributed by atoms with van der Waals surface area (Å²) in [4.78, 5) is 10.6. The molecule has 0 saturated carbocycles. The van der Waals surface area contributed by atoms with Crippen LogP contribution in [0.4, 0.5) is 4.39 Å². The number of hydrogen-bond acceptors (Lipinski definition) is 3. The number of aliphatic carboxylic acids is 1. The number of hydrogen-bond donors (Lipinski definition) is 2. The van der Waals surface area contributed by atoms with Crippen LogP contribution in [0, 0.1) is 5.82 Å². The molecular weight excluding hydrogens is 393 g/mol. The highest BCUT2D eigenvalue weighted by Crippen LogP contribution is 2.24. The van der Waals surface area contributed by atoms with Crippen LogP contribution in [0.2, 0.25) is 5.02 Å². The predicted octanol–water partition coefficient (Wildman–Crippen LogP) is 4.53. The number of unbranched alkanes of at least 4 members (excludes halogenated alkanes) is 2. The molecule has 1 unspecified atom stereocenters.